The molecule has 0 spiro atoms. The smallest absolute Gasteiger partial charge is 0.422 e. The first-order valence-corrected chi connectivity index (χ1v) is 5.95. The van der Waals surface area contributed by atoms with Gasteiger partial charge in [-0.25, -0.2) is 14.0 Å². The zero-order valence-corrected chi connectivity index (χ0v) is 9.95. The fourth-order valence-electron chi connectivity index (χ4n) is 1.48. The summed E-state index contributed by atoms with van der Waals surface area (Å²) >= 11 is 0. The Morgan fingerprint density at radius 1 is 1.44 bits per heavy atom. The minimum absolute atomic E-state index is 0.379. The largest absolute Gasteiger partial charge is 0.476 e. The monoisotopic (exact) mass is 274 g/mol. The Morgan fingerprint density at radius 3 is 2.61 bits per heavy atom. The van der Waals surface area contributed by atoms with Crippen molar-refractivity contribution in [2.45, 2.75) is 10.4 Å². The van der Waals surface area contributed by atoms with Crippen LogP contribution in [0.1, 0.15) is 0 Å². The summed E-state index contributed by atoms with van der Waals surface area (Å²) in [5, 5.41) is 3.52. The lowest BCUT2D eigenvalue weighted by Crippen LogP contribution is -2.34. The summed E-state index contributed by atoms with van der Waals surface area (Å²) < 4.78 is 39.2. The molecule has 0 saturated heterocycles. The van der Waals surface area contributed by atoms with Crippen LogP contribution < -0.4 is 0 Å². The summed E-state index contributed by atoms with van der Waals surface area (Å²) in [6.45, 7) is 0. The molecule has 1 atom stereocenters. The van der Waals surface area contributed by atoms with Gasteiger partial charge in [-0.05, 0) is 12.1 Å². The number of aryl methyl sites for hydroxylation is 1. The highest BCUT2D eigenvalue weighted by Gasteiger charge is 2.48. The van der Waals surface area contributed by atoms with Gasteiger partial charge in [0.2, 0.25) is 5.16 Å². The summed E-state index contributed by atoms with van der Waals surface area (Å²) in [4.78, 5) is 14.2. The second-order valence-corrected chi connectivity index (χ2v) is 4.95. The van der Waals surface area contributed by atoms with Crippen molar-refractivity contribution >= 4 is 27.8 Å². The molecular weight excluding hydrogens is 266 g/mol. The van der Waals surface area contributed by atoms with E-state index in [0.717, 1.165) is 0 Å². The fraction of sp³-hybridized carbons (Fsp3) is 0.200. The first-order valence-electron chi connectivity index (χ1n) is 4.80. The summed E-state index contributed by atoms with van der Waals surface area (Å²) in [6, 6.07) is 6.50. The molecule has 0 amide bonds. The Balaban J connectivity index is 2.59. The lowest BCUT2D eigenvalue weighted by atomic mass is 10.3. The van der Waals surface area contributed by atoms with E-state index in [2.05, 4.69) is 4.98 Å². The number of benzene rings is 1. The minimum atomic E-state index is -4.37. The SMILES string of the molecule is Cn1c([S@](=O)C(F)(F)C(=O)O)nc2ccccc21. The molecule has 0 aliphatic rings. The zero-order valence-electron chi connectivity index (χ0n) is 9.13. The molecule has 0 aliphatic carbocycles. The summed E-state index contributed by atoms with van der Waals surface area (Å²) in [6.07, 6.45) is 0. The number of imidazole rings is 1. The van der Waals surface area contributed by atoms with Crippen molar-refractivity contribution in [3.63, 3.8) is 0 Å². The maximum Gasteiger partial charge on any atom is 0.422 e. The molecule has 0 bridgehead atoms. The Morgan fingerprint density at radius 2 is 2.06 bits per heavy atom. The van der Waals surface area contributed by atoms with Gasteiger partial charge in [-0.2, -0.15) is 8.78 Å². The topological polar surface area (TPSA) is 72.2 Å². The Bertz CT molecular complexity index is 654. The second kappa shape index (κ2) is 4.13. The Labute approximate surface area is 103 Å². The number of hydrogen-bond acceptors (Lipinski definition) is 3. The highest BCUT2D eigenvalue weighted by atomic mass is 32.2. The number of alkyl halides is 2. The maximum absolute atomic E-state index is 13.2. The molecule has 18 heavy (non-hydrogen) atoms. The number of carboxylic acids is 1. The van der Waals surface area contributed by atoms with E-state index in [1.165, 1.54) is 11.6 Å². The minimum Gasteiger partial charge on any atom is -0.476 e. The molecule has 0 unspecified atom stereocenters. The molecule has 0 fully saturated rings. The van der Waals surface area contributed by atoms with Gasteiger partial charge in [0, 0.05) is 7.05 Å². The third kappa shape index (κ3) is 1.78. The first-order chi connectivity index (χ1) is 8.35. The van der Waals surface area contributed by atoms with Gasteiger partial charge < -0.3 is 9.67 Å². The van der Waals surface area contributed by atoms with Crippen LogP contribution in [0.3, 0.4) is 0 Å². The molecule has 1 N–H and O–H groups in total. The lowest BCUT2D eigenvalue weighted by Gasteiger charge is -2.09. The predicted molar refractivity (Wildman–Crippen MR) is 59.7 cm³/mol. The third-order valence-electron chi connectivity index (χ3n) is 2.39. The predicted octanol–water partition coefficient (Wildman–Crippen LogP) is 1.36. The van der Waals surface area contributed by atoms with E-state index in [-0.39, 0.29) is 0 Å². The van der Waals surface area contributed by atoms with Crippen LogP contribution in [0.4, 0.5) is 8.78 Å². The molecule has 0 saturated carbocycles. The van der Waals surface area contributed by atoms with Crippen LogP contribution in [-0.4, -0.2) is 30.1 Å². The average molecular weight is 274 g/mol. The van der Waals surface area contributed by atoms with Crippen LogP contribution in [0.25, 0.3) is 11.0 Å². The highest BCUT2D eigenvalue weighted by Crippen LogP contribution is 2.26. The molecule has 1 aromatic carbocycles. The van der Waals surface area contributed by atoms with E-state index < -0.39 is 27.2 Å². The molecule has 0 radical (unpaired) electrons. The van der Waals surface area contributed by atoms with Gasteiger partial charge in [0.05, 0.1) is 11.0 Å². The van der Waals surface area contributed by atoms with Crippen LogP contribution in [0.5, 0.6) is 0 Å². The van der Waals surface area contributed by atoms with Gasteiger partial charge >= 0.3 is 11.2 Å². The van der Waals surface area contributed by atoms with Crippen molar-refractivity contribution in [3.05, 3.63) is 24.3 Å². The van der Waals surface area contributed by atoms with Gasteiger partial charge in [-0.15, -0.1) is 0 Å². The summed E-state index contributed by atoms with van der Waals surface area (Å²) in [5.41, 5.74) is 0.881. The van der Waals surface area contributed by atoms with Gasteiger partial charge in [0.1, 0.15) is 0 Å². The van der Waals surface area contributed by atoms with E-state index in [1.54, 1.807) is 24.3 Å². The molecule has 5 nitrogen and oxygen atoms in total. The molecule has 8 heteroatoms. The van der Waals surface area contributed by atoms with E-state index in [4.69, 9.17) is 5.11 Å². The number of hydrogen-bond donors (Lipinski definition) is 1. The number of carboxylic acid groups (broad SMARTS) is 1. The molecule has 96 valence electrons. The van der Waals surface area contributed by atoms with Crippen molar-refractivity contribution in [1.82, 2.24) is 9.55 Å². The van der Waals surface area contributed by atoms with Crippen LogP contribution in [-0.2, 0) is 22.6 Å². The number of aliphatic carboxylic acids is 1. The first kappa shape index (κ1) is 12.6. The van der Waals surface area contributed by atoms with Crippen molar-refractivity contribution < 1.29 is 22.9 Å². The molecule has 2 rings (SSSR count). The Hall–Kier alpha value is -1.83. The summed E-state index contributed by atoms with van der Waals surface area (Å²) in [5.74, 6) is -2.44. The molecule has 1 heterocycles. The third-order valence-corrected chi connectivity index (χ3v) is 3.73. The van der Waals surface area contributed by atoms with Crippen LogP contribution in [0.2, 0.25) is 0 Å². The second-order valence-electron chi connectivity index (χ2n) is 3.53. The standard InChI is InChI=1S/C10H8F2N2O3S/c1-14-7-5-3-2-4-6(7)13-9(14)18(17)10(11,12)8(15)16/h2-5H,1H3,(H,15,16)/t18-/m0/s1. The van der Waals surface area contributed by atoms with Crippen LogP contribution in [0, 0.1) is 0 Å². The quantitative estimate of drug-likeness (QED) is 0.917. The Kier molecular flexibility index (Phi) is 2.89. The van der Waals surface area contributed by atoms with Gasteiger partial charge in [-0.3, -0.25) is 0 Å². The zero-order chi connectivity index (χ0) is 13.5. The van der Waals surface area contributed by atoms with E-state index in [1.807, 2.05) is 0 Å². The van der Waals surface area contributed by atoms with Crippen molar-refractivity contribution in [2.24, 2.45) is 7.05 Å². The number of fused-ring (bicyclic) bond motifs is 1. The molecule has 2 aromatic rings. The summed E-state index contributed by atoms with van der Waals surface area (Å²) in [7, 11) is -1.65. The van der Waals surface area contributed by atoms with Crippen molar-refractivity contribution in [2.75, 3.05) is 0 Å². The molecule has 1 aromatic heterocycles. The number of nitrogens with zero attached hydrogens (tertiary/aromatic N) is 2. The number of halogens is 2. The average Bonchev–Trinajstić information content (AvgIpc) is 2.66. The lowest BCUT2D eigenvalue weighted by molar-refractivity contribution is -0.153. The van der Waals surface area contributed by atoms with E-state index >= 15 is 0 Å². The molecule has 0 aliphatic heterocycles. The van der Waals surface area contributed by atoms with E-state index in [9.17, 15) is 17.8 Å². The van der Waals surface area contributed by atoms with Crippen molar-refractivity contribution in [1.29, 1.82) is 0 Å². The van der Waals surface area contributed by atoms with Gasteiger partial charge in [-0.1, -0.05) is 12.1 Å². The number of carbonyl (C=O) groups is 1. The highest BCUT2D eigenvalue weighted by molar-refractivity contribution is 7.86. The number of rotatable bonds is 3. The number of aromatic nitrogens is 2. The van der Waals surface area contributed by atoms with Crippen LogP contribution in [0.15, 0.2) is 29.4 Å². The molecular formula is C10H8F2N2O3S. The van der Waals surface area contributed by atoms with Crippen molar-refractivity contribution in [3.8, 4) is 0 Å². The fourth-order valence-corrected chi connectivity index (χ4v) is 2.40. The number of para-hydroxylation sites is 2. The van der Waals surface area contributed by atoms with Crippen LogP contribution >= 0.6 is 0 Å². The van der Waals surface area contributed by atoms with E-state index in [0.29, 0.717) is 11.0 Å². The maximum atomic E-state index is 13.2. The van der Waals surface area contributed by atoms with Gasteiger partial charge in [0.25, 0.3) is 0 Å². The normalized spacial score (nSPS) is 13.7. The van der Waals surface area contributed by atoms with Gasteiger partial charge in [0.15, 0.2) is 10.8 Å².